The normalized spacial score (nSPS) is 10.9. The second kappa shape index (κ2) is 8.91. The largest absolute Gasteiger partial charge is 0.497 e. The number of ether oxygens (including phenoxy) is 3. The maximum atomic E-state index is 5.46. The minimum atomic E-state index is -0.175. The first kappa shape index (κ1) is 15.0. The van der Waals surface area contributed by atoms with Gasteiger partial charge in [0.05, 0.1) is 7.11 Å². The predicted molar refractivity (Wildman–Crippen MR) is 71.7 cm³/mol. The van der Waals surface area contributed by atoms with E-state index in [1.165, 1.54) is 5.56 Å². The number of nitrogens with one attached hydrogen (secondary N) is 1. The van der Waals surface area contributed by atoms with Crippen LogP contribution in [0.4, 0.5) is 0 Å². The molecule has 18 heavy (non-hydrogen) atoms. The topological polar surface area (TPSA) is 39.7 Å². The molecule has 4 heteroatoms. The van der Waals surface area contributed by atoms with Crippen molar-refractivity contribution in [3.63, 3.8) is 0 Å². The summed E-state index contributed by atoms with van der Waals surface area (Å²) in [5, 5.41) is 3.32. The molecule has 1 aromatic carbocycles. The van der Waals surface area contributed by atoms with Crippen LogP contribution in [0.15, 0.2) is 24.3 Å². The van der Waals surface area contributed by atoms with E-state index in [0.29, 0.717) is 19.8 Å². The Labute approximate surface area is 109 Å². The molecule has 1 N–H and O–H groups in total. The Balaban J connectivity index is 2.34. The second-order valence-corrected chi connectivity index (χ2v) is 3.82. The maximum absolute atomic E-state index is 5.46. The average molecular weight is 253 g/mol. The van der Waals surface area contributed by atoms with Crippen molar-refractivity contribution in [3.8, 4) is 5.75 Å². The summed E-state index contributed by atoms with van der Waals surface area (Å²) in [5.41, 5.74) is 1.18. The molecule has 0 spiro atoms. The van der Waals surface area contributed by atoms with E-state index in [1.54, 1.807) is 7.11 Å². The first-order chi connectivity index (χ1) is 8.80. The highest BCUT2D eigenvalue weighted by Crippen LogP contribution is 2.12. The summed E-state index contributed by atoms with van der Waals surface area (Å²) >= 11 is 0. The van der Waals surface area contributed by atoms with E-state index < -0.39 is 0 Å². The van der Waals surface area contributed by atoms with Crippen molar-refractivity contribution in [2.75, 3.05) is 26.9 Å². The zero-order chi connectivity index (χ0) is 13.2. The van der Waals surface area contributed by atoms with Gasteiger partial charge in [0.25, 0.3) is 0 Å². The number of hydrogen-bond donors (Lipinski definition) is 1. The van der Waals surface area contributed by atoms with Gasteiger partial charge < -0.3 is 19.5 Å². The lowest BCUT2D eigenvalue weighted by molar-refractivity contribution is -0.133. The molecule has 0 aliphatic carbocycles. The van der Waals surface area contributed by atoms with Gasteiger partial charge in [-0.3, -0.25) is 0 Å². The van der Waals surface area contributed by atoms with Crippen LogP contribution in [0.25, 0.3) is 0 Å². The average Bonchev–Trinajstić information content (AvgIpc) is 2.39. The smallest absolute Gasteiger partial charge is 0.169 e. The van der Waals surface area contributed by atoms with Gasteiger partial charge in [-0.1, -0.05) is 12.1 Å². The van der Waals surface area contributed by atoms with Gasteiger partial charge in [-0.15, -0.1) is 0 Å². The molecule has 0 heterocycles. The van der Waals surface area contributed by atoms with Crippen molar-refractivity contribution in [1.82, 2.24) is 5.32 Å². The van der Waals surface area contributed by atoms with Gasteiger partial charge in [0.2, 0.25) is 0 Å². The fourth-order valence-electron chi connectivity index (χ4n) is 1.65. The quantitative estimate of drug-likeness (QED) is 0.685. The second-order valence-electron chi connectivity index (χ2n) is 3.82. The van der Waals surface area contributed by atoms with Crippen LogP contribution in [-0.4, -0.2) is 33.2 Å². The maximum Gasteiger partial charge on any atom is 0.169 e. The summed E-state index contributed by atoms with van der Waals surface area (Å²) in [6, 6.07) is 8.00. The Kier molecular flexibility index (Phi) is 7.41. The molecule has 1 rings (SSSR count). The van der Waals surface area contributed by atoms with Crippen molar-refractivity contribution in [1.29, 1.82) is 0 Å². The van der Waals surface area contributed by atoms with Gasteiger partial charge in [-0.05, 0) is 31.5 Å². The Morgan fingerprint density at radius 1 is 1.17 bits per heavy atom. The third-order valence-electron chi connectivity index (χ3n) is 2.48. The van der Waals surface area contributed by atoms with E-state index in [9.17, 15) is 0 Å². The molecule has 0 aromatic heterocycles. The number of hydrogen-bond acceptors (Lipinski definition) is 4. The molecule has 0 radical (unpaired) electrons. The summed E-state index contributed by atoms with van der Waals surface area (Å²) in [6.07, 6.45) is -0.175. The molecular weight excluding hydrogens is 230 g/mol. The van der Waals surface area contributed by atoms with Gasteiger partial charge >= 0.3 is 0 Å². The number of rotatable bonds is 9. The minimum absolute atomic E-state index is 0.175. The molecule has 4 nitrogen and oxygen atoms in total. The standard InChI is InChI=1S/C14H23NO3/c1-4-17-14(18-5-2)11-15-10-12-7-6-8-13(9-12)16-3/h6-9,14-15H,4-5,10-11H2,1-3H3. The highest BCUT2D eigenvalue weighted by atomic mass is 16.7. The van der Waals surface area contributed by atoms with E-state index in [2.05, 4.69) is 11.4 Å². The Morgan fingerprint density at radius 3 is 2.50 bits per heavy atom. The highest BCUT2D eigenvalue weighted by Gasteiger charge is 2.06. The molecule has 0 amide bonds. The highest BCUT2D eigenvalue weighted by molar-refractivity contribution is 5.28. The van der Waals surface area contributed by atoms with Gasteiger partial charge in [-0.2, -0.15) is 0 Å². The van der Waals surface area contributed by atoms with Crippen molar-refractivity contribution in [2.24, 2.45) is 0 Å². The van der Waals surface area contributed by atoms with Crippen molar-refractivity contribution >= 4 is 0 Å². The van der Waals surface area contributed by atoms with Crippen LogP contribution in [0.1, 0.15) is 19.4 Å². The molecule has 0 unspecified atom stereocenters. The van der Waals surface area contributed by atoms with Crippen molar-refractivity contribution < 1.29 is 14.2 Å². The zero-order valence-electron chi connectivity index (χ0n) is 11.4. The van der Waals surface area contributed by atoms with Crippen LogP contribution in [0, 0.1) is 0 Å². The summed E-state index contributed by atoms with van der Waals surface area (Å²) in [5.74, 6) is 0.875. The number of benzene rings is 1. The van der Waals surface area contributed by atoms with E-state index in [0.717, 1.165) is 12.3 Å². The van der Waals surface area contributed by atoms with Crippen LogP contribution in [0.2, 0.25) is 0 Å². The molecule has 102 valence electrons. The lowest BCUT2D eigenvalue weighted by Gasteiger charge is -2.17. The zero-order valence-corrected chi connectivity index (χ0v) is 11.4. The molecule has 0 aliphatic rings. The van der Waals surface area contributed by atoms with Crippen LogP contribution < -0.4 is 10.1 Å². The van der Waals surface area contributed by atoms with Crippen molar-refractivity contribution in [2.45, 2.75) is 26.7 Å². The van der Waals surface area contributed by atoms with Crippen LogP contribution in [0.5, 0.6) is 5.75 Å². The number of methoxy groups -OCH3 is 1. The summed E-state index contributed by atoms with van der Waals surface area (Å²) in [4.78, 5) is 0. The fourth-order valence-corrected chi connectivity index (χ4v) is 1.65. The third kappa shape index (κ3) is 5.49. The molecule has 0 saturated carbocycles. The lowest BCUT2D eigenvalue weighted by Crippen LogP contribution is -2.31. The first-order valence-electron chi connectivity index (χ1n) is 6.37. The minimum Gasteiger partial charge on any atom is -0.497 e. The summed E-state index contributed by atoms with van der Waals surface area (Å²) in [7, 11) is 1.67. The van der Waals surface area contributed by atoms with Gasteiger partial charge in [0, 0.05) is 26.3 Å². The van der Waals surface area contributed by atoms with E-state index in [-0.39, 0.29) is 6.29 Å². The fraction of sp³-hybridized carbons (Fsp3) is 0.571. The third-order valence-corrected chi connectivity index (χ3v) is 2.48. The van der Waals surface area contributed by atoms with E-state index >= 15 is 0 Å². The summed E-state index contributed by atoms with van der Waals surface area (Å²) in [6.45, 7) is 6.70. The van der Waals surface area contributed by atoms with Gasteiger partial charge in [-0.25, -0.2) is 0 Å². The Bertz CT molecular complexity index is 325. The van der Waals surface area contributed by atoms with E-state index in [1.807, 2.05) is 32.0 Å². The molecule has 0 atom stereocenters. The molecule has 0 saturated heterocycles. The van der Waals surface area contributed by atoms with E-state index in [4.69, 9.17) is 14.2 Å². The van der Waals surface area contributed by atoms with Gasteiger partial charge in [0.1, 0.15) is 5.75 Å². The molecule has 1 aromatic rings. The van der Waals surface area contributed by atoms with Crippen LogP contribution in [0.3, 0.4) is 0 Å². The first-order valence-corrected chi connectivity index (χ1v) is 6.37. The van der Waals surface area contributed by atoms with Crippen LogP contribution in [-0.2, 0) is 16.0 Å². The van der Waals surface area contributed by atoms with Crippen LogP contribution >= 0.6 is 0 Å². The monoisotopic (exact) mass is 253 g/mol. The lowest BCUT2D eigenvalue weighted by atomic mass is 10.2. The Morgan fingerprint density at radius 2 is 1.89 bits per heavy atom. The summed E-state index contributed by atoms with van der Waals surface area (Å²) < 4.78 is 16.1. The molecule has 0 bridgehead atoms. The Hall–Kier alpha value is -1.10. The molecule has 0 fully saturated rings. The SMILES string of the molecule is CCOC(CNCc1cccc(OC)c1)OCC. The molecular formula is C14H23NO3. The van der Waals surface area contributed by atoms with Gasteiger partial charge in [0.15, 0.2) is 6.29 Å². The predicted octanol–water partition coefficient (Wildman–Crippen LogP) is 2.18. The van der Waals surface area contributed by atoms with Crippen molar-refractivity contribution in [3.05, 3.63) is 29.8 Å². The molecule has 0 aliphatic heterocycles.